The van der Waals surface area contributed by atoms with Gasteiger partial charge in [-0.05, 0) is 42.8 Å². The molecule has 0 radical (unpaired) electrons. The lowest BCUT2D eigenvalue weighted by molar-refractivity contribution is 0.101. The largest absolute Gasteiger partial charge is 0.420 e. The molecule has 0 aliphatic heterocycles. The van der Waals surface area contributed by atoms with Crippen LogP contribution in [0.25, 0.3) is 11.1 Å². The highest BCUT2D eigenvalue weighted by Gasteiger charge is 2.11. The summed E-state index contributed by atoms with van der Waals surface area (Å²) in [6.07, 6.45) is 0. The Morgan fingerprint density at radius 1 is 1.19 bits per heavy atom. The van der Waals surface area contributed by atoms with E-state index in [1.807, 2.05) is 12.1 Å². The molecular weight excluding hydrogens is 290 g/mol. The van der Waals surface area contributed by atoms with Gasteiger partial charge in [-0.1, -0.05) is 23.7 Å². The molecular formula is C16H12ClNO3. The molecule has 4 nitrogen and oxygen atoms in total. The van der Waals surface area contributed by atoms with Gasteiger partial charge in [0.2, 0.25) is 0 Å². The van der Waals surface area contributed by atoms with E-state index in [2.05, 4.69) is 0 Å². The Kier molecular flexibility index (Phi) is 3.39. The Morgan fingerprint density at radius 3 is 2.57 bits per heavy atom. The Balaban J connectivity index is 2.06. The molecule has 5 heteroatoms. The zero-order chi connectivity index (χ0) is 15.0. The molecule has 3 aromatic rings. The van der Waals surface area contributed by atoms with Gasteiger partial charge in [0.25, 0.3) is 0 Å². The van der Waals surface area contributed by atoms with Crippen LogP contribution in [0.3, 0.4) is 0 Å². The average Bonchev–Trinajstić information content (AvgIpc) is 2.76. The van der Waals surface area contributed by atoms with Crippen molar-refractivity contribution in [2.45, 2.75) is 13.5 Å². The number of halogens is 1. The van der Waals surface area contributed by atoms with Crippen LogP contribution in [-0.2, 0) is 6.54 Å². The number of Topliss-reactive ketones (excluding diaryl/α,β-unsaturated/α-hetero) is 1. The number of hydrogen-bond acceptors (Lipinski definition) is 3. The molecule has 3 rings (SSSR count). The van der Waals surface area contributed by atoms with E-state index in [0.717, 1.165) is 5.56 Å². The van der Waals surface area contributed by atoms with Gasteiger partial charge in [0, 0.05) is 10.6 Å². The second-order valence-electron chi connectivity index (χ2n) is 4.82. The number of fused-ring (bicyclic) bond motifs is 1. The maximum Gasteiger partial charge on any atom is 0.420 e. The highest BCUT2D eigenvalue weighted by Crippen LogP contribution is 2.17. The first kappa shape index (κ1) is 13.6. The molecule has 0 unspecified atom stereocenters. The first-order valence-electron chi connectivity index (χ1n) is 6.43. The van der Waals surface area contributed by atoms with Gasteiger partial charge in [-0.25, -0.2) is 4.79 Å². The zero-order valence-corrected chi connectivity index (χ0v) is 12.1. The van der Waals surface area contributed by atoms with Crippen LogP contribution in [0.15, 0.2) is 51.7 Å². The van der Waals surface area contributed by atoms with E-state index in [4.69, 9.17) is 16.0 Å². The van der Waals surface area contributed by atoms with E-state index in [9.17, 15) is 9.59 Å². The molecule has 0 amide bonds. The lowest BCUT2D eigenvalue weighted by Crippen LogP contribution is -2.14. The lowest BCUT2D eigenvalue weighted by Gasteiger charge is -2.03. The van der Waals surface area contributed by atoms with Crippen LogP contribution in [0.1, 0.15) is 22.8 Å². The first-order valence-corrected chi connectivity index (χ1v) is 6.81. The third-order valence-electron chi connectivity index (χ3n) is 3.33. The highest BCUT2D eigenvalue weighted by atomic mass is 35.5. The fraction of sp³-hybridized carbons (Fsp3) is 0.125. The average molecular weight is 302 g/mol. The van der Waals surface area contributed by atoms with Crippen LogP contribution >= 0.6 is 11.6 Å². The summed E-state index contributed by atoms with van der Waals surface area (Å²) in [7, 11) is 0. The number of benzene rings is 2. The van der Waals surface area contributed by atoms with Gasteiger partial charge in [0.1, 0.15) is 0 Å². The molecule has 0 atom stereocenters. The third kappa shape index (κ3) is 2.62. The number of aromatic nitrogens is 1. The second-order valence-corrected chi connectivity index (χ2v) is 5.26. The number of carbonyl (C=O) groups is 1. The molecule has 21 heavy (non-hydrogen) atoms. The van der Waals surface area contributed by atoms with Crippen molar-refractivity contribution in [3.8, 4) is 0 Å². The quantitative estimate of drug-likeness (QED) is 0.696. The maximum absolute atomic E-state index is 12.0. The van der Waals surface area contributed by atoms with E-state index in [-0.39, 0.29) is 5.78 Å². The Bertz CT molecular complexity index is 875. The Hall–Kier alpha value is -2.33. The van der Waals surface area contributed by atoms with E-state index < -0.39 is 5.76 Å². The molecule has 106 valence electrons. The normalized spacial score (nSPS) is 11.0. The van der Waals surface area contributed by atoms with E-state index in [0.29, 0.717) is 28.2 Å². The number of rotatable bonds is 3. The molecule has 0 aliphatic rings. The van der Waals surface area contributed by atoms with Gasteiger partial charge in [0.05, 0.1) is 12.1 Å². The van der Waals surface area contributed by atoms with E-state index in [1.54, 1.807) is 30.3 Å². The molecule has 0 N–H and O–H groups in total. The third-order valence-corrected chi connectivity index (χ3v) is 3.58. The molecule has 0 bridgehead atoms. The molecule has 1 aromatic heterocycles. The Morgan fingerprint density at radius 2 is 1.90 bits per heavy atom. The number of oxazole rings is 1. The van der Waals surface area contributed by atoms with Crippen molar-refractivity contribution in [3.05, 3.63) is 69.2 Å². The summed E-state index contributed by atoms with van der Waals surface area (Å²) >= 11 is 5.85. The summed E-state index contributed by atoms with van der Waals surface area (Å²) in [4.78, 5) is 23.3. The van der Waals surface area contributed by atoms with Crippen LogP contribution in [-0.4, -0.2) is 10.4 Å². The minimum atomic E-state index is -0.444. The Labute approximate surface area is 125 Å². The predicted molar refractivity (Wildman–Crippen MR) is 81.0 cm³/mol. The van der Waals surface area contributed by atoms with Gasteiger partial charge in [-0.3, -0.25) is 9.36 Å². The number of ketones is 1. The molecule has 0 spiro atoms. The van der Waals surface area contributed by atoms with Crippen LogP contribution in [0.5, 0.6) is 0 Å². The highest BCUT2D eigenvalue weighted by molar-refractivity contribution is 6.30. The molecule has 2 aromatic carbocycles. The standard InChI is InChI=1S/C16H12ClNO3/c1-10(19)12-4-7-14-15(8-12)21-16(20)18(14)9-11-2-5-13(17)6-3-11/h2-8H,9H2,1H3. The van der Waals surface area contributed by atoms with Crippen LogP contribution < -0.4 is 5.76 Å². The van der Waals surface area contributed by atoms with Crippen LogP contribution in [0.2, 0.25) is 5.02 Å². The summed E-state index contributed by atoms with van der Waals surface area (Å²) in [5.74, 6) is -0.509. The summed E-state index contributed by atoms with van der Waals surface area (Å²) < 4.78 is 6.75. The molecule has 0 saturated carbocycles. The minimum absolute atomic E-state index is 0.0648. The number of hydrogen-bond donors (Lipinski definition) is 0. The van der Waals surface area contributed by atoms with Gasteiger partial charge in [-0.2, -0.15) is 0 Å². The second kappa shape index (κ2) is 5.22. The smallest absolute Gasteiger partial charge is 0.408 e. The summed E-state index contributed by atoms with van der Waals surface area (Å²) in [5, 5.41) is 0.647. The number of carbonyl (C=O) groups excluding carboxylic acids is 1. The lowest BCUT2D eigenvalue weighted by atomic mass is 10.1. The van der Waals surface area contributed by atoms with Gasteiger partial charge in [0.15, 0.2) is 11.4 Å². The fourth-order valence-corrected chi connectivity index (χ4v) is 2.33. The number of nitrogens with zero attached hydrogens (tertiary/aromatic N) is 1. The molecule has 0 aliphatic carbocycles. The SMILES string of the molecule is CC(=O)c1ccc2c(c1)oc(=O)n2Cc1ccc(Cl)cc1. The fourth-order valence-electron chi connectivity index (χ4n) is 2.21. The summed E-state index contributed by atoms with van der Waals surface area (Å²) in [6.45, 7) is 1.87. The monoisotopic (exact) mass is 301 g/mol. The van der Waals surface area contributed by atoms with E-state index >= 15 is 0 Å². The first-order chi connectivity index (χ1) is 10.0. The van der Waals surface area contributed by atoms with Gasteiger partial charge < -0.3 is 4.42 Å². The van der Waals surface area contributed by atoms with Crippen molar-refractivity contribution in [3.63, 3.8) is 0 Å². The van der Waals surface area contributed by atoms with Crippen molar-refractivity contribution in [1.82, 2.24) is 4.57 Å². The molecule has 1 heterocycles. The van der Waals surface area contributed by atoms with Gasteiger partial charge >= 0.3 is 5.76 Å². The topological polar surface area (TPSA) is 52.2 Å². The maximum atomic E-state index is 12.0. The van der Waals surface area contributed by atoms with Crippen molar-refractivity contribution in [2.24, 2.45) is 0 Å². The summed E-state index contributed by atoms with van der Waals surface area (Å²) in [5.41, 5.74) is 2.55. The van der Waals surface area contributed by atoms with Crippen molar-refractivity contribution < 1.29 is 9.21 Å². The molecule has 0 saturated heterocycles. The minimum Gasteiger partial charge on any atom is -0.408 e. The van der Waals surface area contributed by atoms with Crippen LogP contribution in [0, 0.1) is 0 Å². The predicted octanol–water partition coefficient (Wildman–Crippen LogP) is 3.50. The van der Waals surface area contributed by atoms with Crippen LogP contribution in [0.4, 0.5) is 0 Å². The molecule has 0 fully saturated rings. The zero-order valence-electron chi connectivity index (χ0n) is 11.3. The van der Waals surface area contributed by atoms with Crippen molar-refractivity contribution >= 4 is 28.5 Å². The summed E-state index contributed by atoms with van der Waals surface area (Å²) in [6, 6.07) is 12.3. The van der Waals surface area contributed by atoms with Gasteiger partial charge in [-0.15, -0.1) is 0 Å². The van der Waals surface area contributed by atoms with E-state index in [1.165, 1.54) is 11.5 Å². The van der Waals surface area contributed by atoms with Crippen molar-refractivity contribution in [1.29, 1.82) is 0 Å². The van der Waals surface area contributed by atoms with Crippen molar-refractivity contribution in [2.75, 3.05) is 0 Å².